The molecule has 0 radical (unpaired) electrons. The minimum Gasteiger partial charge on any atom is -0.257 e. The standard InChI is InChI=1S/C37H26N2/c1-4-10-29(11-5-1)16-18-31-20-24-33(25-21-31)36-28-37(39(38-36)35-14-8-3-9-15-35)34-26-22-32(23-27-34)19-17-30-12-6-2-7-13-30/h1-15,20-27,37H,28H2. The summed E-state index contributed by atoms with van der Waals surface area (Å²) in [6, 6.07) is 47.6. The summed E-state index contributed by atoms with van der Waals surface area (Å²) < 4.78 is 0. The number of hydrogen-bond acceptors (Lipinski definition) is 2. The molecule has 2 heteroatoms. The van der Waals surface area contributed by atoms with E-state index in [-0.39, 0.29) is 6.04 Å². The van der Waals surface area contributed by atoms with Gasteiger partial charge < -0.3 is 0 Å². The highest BCUT2D eigenvalue weighted by molar-refractivity contribution is 6.03. The van der Waals surface area contributed by atoms with E-state index in [0.717, 1.165) is 45.6 Å². The van der Waals surface area contributed by atoms with E-state index in [1.807, 2.05) is 66.7 Å². The molecule has 0 saturated carbocycles. The number of hydrazone groups is 1. The molecule has 1 aliphatic heterocycles. The summed E-state index contributed by atoms with van der Waals surface area (Å²) in [7, 11) is 0. The molecule has 0 bridgehead atoms. The van der Waals surface area contributed by atoms with Crippen molar-refractivity contribution in [3.8, 4) is 23.7 Å². The van der Waals surface area contributed by atoms with Crippen LogP contribution in [0.15, 0.2) is 145 Å². The van der Waals surface area contributed by atoms with Crippen molar-refractivity contribution in [2.24, 2.45) is 5.10 Å². The van der Waals surface area contributed by atoms with E-state index in [1.165, 1.54) is 5.56 Å². The molecular weight excluding hydrogens is 472 g/mol. The van der Waals surface area contributed by atoms with Gasteiger partial charge >= 0.3 is 0 Å². The molecule has 0 amide bonds. The first kappa shape index (κ1) is 24.1. The number of rotatable bonds is 3. The summed E-state index contributed by atoms with van der Waals surface area (Å²) in [5.41, 5.74) is 8.50. The van der Waals surface area contributed by atoms with Crippen LogP contribution in [0.5, 0.6) is 0 Å². The van der Waals surface area contributed by atoms with Gasteiger partial charge in [-0.2, -0.15) is 5.10 Å². The molecule has 1 atom stereocenters. The predicted molar refractivity (Wildman–Crippen MR) is 161 cm³/mol. The van der Waals surface area contributed by atoms with Gasteiger partial charge in [0.05, 0.1) is 17.4 Å². The van der Waals surface area contributed by atoms with Gasteiger partial charge in [0.25, 0.3) is 0 Å². The van der Waals surface area contributed by atoms with Crippen LogP contribution in [0.1, 0.15) is 45.8 Å². The van der Waals surface area contributed by atoms with Crippen molar-refractivity contribution >= 4 is 11.4 Å². The Bertz CT molecular complexity index is 1700. The van der Waals surface area contributed by atoms with Crippen LogP contribution in [0.3, 0.4) is 0 Å². The highest BCUT2D eigenvalue weighted by Gasteiger charge is 2.29. The van der Waals surface area contributed by atoms with Crippen molar-refractivity contribution in [1.29, 1.82) is 0 Å². The molecule has 2 nitrogen and oxygen atoms in total. The number of nitrogens with zero attached hydrogens (tertiary/aromatic N) is 2. The summed E-state index contributed by atoms with van der Waals surface area (Å²) in [6.07, 6.45) is 0.818. The molecule has 0 aliphatic carbocycles. The molecule has 0 N–H and O–H groups in total. The third-order valence-corrected chi connectivity index (χ3v) is 6.69. The average molecular weight is 499 g/mol. The molecule has 6 rings (SSSR count). The van der Waals surface area contributed by atoms with Gasteiger partial charge in [0.1, 0.15) is 0 Å². The Morgan fingerprint density at radius 2 is 0.923 bits per heavy atom. The molecule has 1 unspecified atom stereocenters. The zero-order valence-corrected chi connectivity index (χ0v) is 21.5. The van der Waals surface area contributed by atoms with Crippen LogP contribution in [0.25, 0.3) is 0 Å². The van der Waals surface area contributed by atoms with Gasteiger partial charge in [0.15, 0.2) is 0 Å². The molecule has 0 aromatic heterocycles. The second-order valence-electron chi connectivity index (χ2n) is 9.38. The number of para-hydroxylation sites is 1. The minimum atomic E-state index is 0.107. The first-order valence-corrected chi connectivity index (χ1v) is 13.1. The van der Waals surface area contributed by atoms with Crippen LogP contribution >= 0.6 is 0 Å². The van der Waals surface area contributed by atoms with E-state index in [4.69, 9.17) is 5.10 Å². The third kappa shape index (κ3) is 5.83. The van der Waals surface area contributed by atoms with Crippen molar-refractivity contribution in [1.82, 2.24) is 0 Å². The van der Waals surface area contributed by atoms with Crippen LogP contribution in [-0.2, 0) is 0 Å². The van der Waals surface area contributed by atoms with Crippen molar-refractivity contribution in [3.05, 3.63) is 173 Å². The molecule has 0 spiro atoms. The molecule has 0 fully saturated rings. The van der Waals surface area contributed by atoms with E-state index >= 15 is 0 Å². The zero-order valence-electron chi connectivity index (χ0n) is 21.5. The number of anilines is 1. The number of benzene rings is 5. The molecule has 5 aromatic carbocycles. The van der Waals surface area contributed by atoms with E-state index in [9.17, 15) is 0 Å². The van der Waals surface area contributed by atoms with E-state index in [1.54, 1.807) is 0 Å². The van der Waals surface area contributed by atoms with Gasteiger partial charge in [-0.05, 0) is 71.8 Å². The van der Waals surface area contributed by atoms with Gasteiger partial charge in [-0.3, -0.25) is 5.01 Å². The van der Waals surface area contributed by atoms with Gasteiger partial charge in [-0.1, -0.05) is 103 Å². The van der Waals surface area contributed by atoms with Gasteiger partial charge in [0.2, 0.25) is 0 Å². The van der Waals surface area contributed by atoms with Crippen LogP contribution in [0, 0.1) is 23.7 Å². The van der Waals surface area contributed by atoms with Crippen LogP contribution in [0.4, 0.5) is 5.69 Å². The summed E-state index contributed by atoms with van der Waals surface area (Å²) in [5.74, 6) is 13.0. The first-order chi connectivity index (χ1) is 19.3. The topological polar surface area (TPSA) is 15.6 Å². The lowest BCUT2D eigenvalue weighted by Gasteiger charge is -2.24. The van der Waals surface area contributed by atoms with Gasteiger partial charge in [0, 0.05) is 28.7 Å². The van der Waals surface area contributed by atoms with Crippen molar-refractivity contribution in [2.45, 2.75) is 12.5 Å². The van der Waals surface area contributed by atoms with Crippen molar-refractivity contribution < 1.29 is 0 Å². The third-order valence-electron chi connectivity index (χ3n) is 6.69. The maximum atomic E-state index is 5.09. The van der Waals surface area contributed by atoms with Gasteiger partial charge in [-0.25, -0.2) is 0 Å². The highest BCUT2D eigenvalue weighted by atomic mass is 15.5. The van der Waals surface area contributed by atoms with E-state index < -0.39 is 0 Å². The average Bonchev–Trinajstić information content (AvgIpc) is 3.47. The lowest BCUT2D eigenvalue weighted by Crippen LogP contribution is -2.18. The fourth-order valence-electron chi connectivity index (χ4n) is 4.63. The van der Waals surface area contributed by atoms with Gasteiger partial charge in [-0.15, -0.1) is 0 Å². The van der Waals surface area contributed by atoms with Crippen LogP contribution in [-0.4, -0.2) is 5.71 Å². The maximum Gasteiger partial charge on any atom is 0.0831 e. The molecular formula is C37H26N2. The molecule has 1 heterocycles. The lowest BCUT2D eigenvalue weighted by atomic mass is 9.97. The predicted octanol–water partition coefficient (Wildman–Crippen LogP) is 7.84. The SMILES string of the molecule is C(#Cc1ccc(C2=NN(c3ccccc3)C(c3ccc(C#Cc4ccccc4)cc3)C2)cc1)c1ccccc1. The normalized spacial score (nSPS) is 14.0. The largest absolute Gasteiger partial charge is 0.257 e. The fraction of sp³-hybridized carbons (Fsp3) is 0.0541. The fourth-order valence-corrected chi connectivity index (χ4v) is 4.63. The second-order valence-corrected chi connectivity index (χ2v) is 9.38. The van der Waals surface area contributed by atoms with Crippen molar-refractivity contribution in [2.75, 3.05) is 5.01 Å². The molecule has 1 aliphatic rings. The highest BCUT2D eigenvalue weighted by Crippen LogP contribution is 2.36. The van der Waals surface area contributed by atoms with Crippen LogP contribution in [0.2, 0.25) is 0 Å². The molecule has 0 saturated heterocycles. The second kappa shape index (κ2) is 11.4. The Morgan fingerprint density at radius 3 is 1.44 bits per heavy atom. The summed E-state index contributed by atoms with van der Waals surface area (Å²) in [6.45, 7) is 0. The Kier molecular flexibility index (Phi) is 7.02. The Labute approximate surface area is 230 Å². The number of hydrogen-bond donors (Lipinski definition) is 0. The Balaban J connectivity index is 1.24. The van der Waals surface area contributed by atoms with E-state index in [0.29, 0.717) is 0 Å². The Morgan fingerprint density at radius 1 is 0.487 bits per heavy atom. The van der Waals surface area contributed by atoms with Crippen LogP contribution < -0.4 is 5.01 Å². The maximum absolute atomic E-state index is 5.09. The van der Waals surface area contributed by atoms with E-state index in [2.05, 4.69) is 101 Å². The molecule has 184 valence electrons. The molecule has 5 aromatic rings. The summed E-state index contributed by atoms with van der Waals surface area (Å²) in [5, 5.41) is 7.24. The minimum absolute atomic E-state index is 0.107. The Hall–Kier alpha value is -5.31. The molecule has 39 heavy (non-hydrogen) atoms. The summed E-state index contributed by atoms with van der Waals surface area (Å²) in [4.78, 5) is 0. The zero-order chi connectivity index (χ0) is 26.3. The first-order valence-electron chi connectivity index (χ1n) is 13.1. The monoisotopic (exact) mass is 498 g/mol. The summed E-state index contributed by atoms with van der Waals surface area (Å²) >= 11 is 0. The smallest absolute Gasteiger partial charge is 0.0831 e. The van der Waals surface area contributed by atoms with Crippen molar-refractivity contribution in [3.63, 3.8) is 0 Å². The quantitative estimate of drug-likeness (QED) is 0.231. The lowest BCUT2D eigenvalue weighted by molar-refractivity contribution is 0.709.